The average molecular weight is 406 g/mol. The van der Waals surface area contributed by atoms with Gasteiger partial charge in [0.1, 0.15) is 11.9 Å². The Morgan fingerprint density at radius 1 is 1.07 bits per heavy atom. The summed E-state index contributed by atoms with van der Waals surface area (Å²) in [4.78, 5) is 43.1. The maximum absolute atomic E-state index is 12.9. The Balaban J connectivity index is 1.40. The van der Waals surface area contributed by atoms with Crippen LogP contribution < -0.4 is 5.32 Å². The summed E-state index contributed by atoms with van der Waals surface area (Å²) < 4.78 is 2.14. The number of nitrogens with one attached hydrogen (secondary N) is 1. The normalized spacial score (nSPS) is 22.4. The summed E-state index contributed by atoms with van der Waals surface area (Å²) in [5.74, 6) is 0.874. The van der Waals surface area contributed by atoms with E-state index in [2.05, 4.69) is 23.1 Å². The third kappa shape index (κ3) is 3.22. The van der Waals surface area contributed by atoms with Gasteiger partial charge >= 0.3 is 0 Å². The number of fused-ring (bicyclic) bond motifs is 1. The van der Waals surface area contributed by atoms with Gasteiger partial charge in [0.25, 0.3) is 5.91 Å². The molecule has 2 fully saturated rings. The molecule has 2 aromatic rings. The molecule has 5 rings (SSSR count). The van der Waals surface area contributed by atoms with Gasteiger partial charge in [-0.05, 0) is 37.0 Å². The molecule has 2 aliphatic heterocycles. The van der Waals surface area contributed by atoms with Crippen LogP contribution in [0.4, 0.5) is 0 Å². The van der Waals surface area contributed by atoms with E-state index >= 15 is 0 Å². The summed E-state index contributed by atoms with van der Waals surface area (Å²) in [6.45, 7) is 0.386. The molecule has 0 radical (unpaired) electrons. The number of carbonyl (C=O) groups excluding carboxylic acids is 3. The predicted molar refractivity (Wildman–Crippen MR) is 111 cm³/mol. The van der Waals surface area contributed by atoms with E-state index in [1.165, 1.54) is 32.1 Å². The van der Waals surface area contributed by atoms with E-state index < -0.39 is 6.04 Å². The van der Waals surface area contributed by atoms with Crippen molar-refractivity contribution in [3.05, 3.63) is 41.3 Å². The Labute approximate surface area is 175 Å². The molecule has 156 valence electrons. The lowest BCUT2D eigenvalue weighted by atomic mass is 9.89. The number of nitrogens with zero attached hydrogens (tertiary/aromatic N) is 3. The number of imide groups is 1. The summed E-state index contributed by atoms with van der Waals surface area (Å²) in [5.41, 5.74) is 3.45. The molecule has 1 aliphatic carbocycles. The molecule has 1 unspecified atom stereocenters. The third-order valence-corrected chi connectivity index (χ3v) is 6.70. The van der Waals surface area contributed by atoms with Crippen LogP contribution in [0.5, 0.6) is 0 Å². The van der Waals surface area contributed by atoms with E-state index in [0.717, 1.165) is 22.6 Å². The first-order valence-corrected chi connectivity index (χ1v) is 10.8. The number of rotatable bonds is 3. The van der Waals surface area contributed by atoms with Gasteiger partial charge < -0.3 is 9.47 Å². The van der Waals surface area contributed by atoms with Gasteiger partial charge in [-0.25, -0.2) is 4.98 Å². The SMILES string of the molecule is Cn1cc(-c2ccc3c(c2)CN(C2CCC(=O)NC2=O)C3=O)nc1C1CCCCC1. The van der Waals surface area contributed by atoms with Gasteiger partial charge in [-0.15, -0.1) is 0 Å². The van der Waals surface area contributed by atoms with Crippen LogP contribution in [-0.2, 0) is 23.2 Å². The Morgan fingerprint density at radius 2 is 1.87 bits per heavy atom. The van der Waals surface area contributed by atoms with Crippen molar-refractivity contribution in [1.29, 1.82) is 0 Å². The minimum absolute atomic E-state index is 0.144. The number of aromatic nitrogens is 2. The number of piperidine rings is 1. The molecule has 0 spiro atoms. The quantitative estimate of drug-likeness (QED) is 0.795. The molecule has 1 N–H and O–H groups in total. The second-order valence-corrected chi connectivity index (χ2v) is 8.70. The van der Waals surface area contributed by atoms with Crippen LogP contribution >= 0.6 is 0 Å². The zero-order valence-electron chi connectivity index (χ0n) is 17.2. The third-order valence-electron chi connectivity index (χ3n) is 6.70. The smallest absolute Gasteiger partial charge is 0.255 e. The monoisotopic (exact) mass is 406 g/mol. The zero-order valence-corrected chi connectivity index (χ0v) is 17.2. The van der Waals surface area contributed by atoms with Gasteiger partial charge in [0.2, 0.25) is 11.8 Å². The molecule has 30 heavy (non-hydrogen) atoms. The lowest BCUT2D eigenvalue weighted by Gasteiger charge is -2.29. The highest BCUT2D eigenvalue weighted by Gasteiger charge is 2.39. The van der Waals surface area contributed by atoms with Gasteiger partial charge in [0.15, 0.2) is 0 Å². The molecule has 3 aliphatic rings. The molecular weight excluding hydrogens is 380 g/mol. The van der Waals surface area contributed by atoms with Crippen molar-refractivity contribution in [2.45, 2.75) is 63.5 Å². The van der Waals surface area contributed by atoms with Crippen LogP contribution in [0, 0.1) is 0 Å². The van der Waals surface area contributed by atoms with Crippen LogP contribution in [0.15, 0.2) is 24.4 Å². The Kier molecular flexibility index (Phi) is 4.68. The average Bonchev–Trinajstić information content (AvgIpc) is 3.29. The maximum Gasteiger partial charge on any atom is 0.255 e. The van der Waals surface area contributed by atoms with Crippen LogP contribution in [-0.4, -0.2) is 38.2 Å². The zero-order chi connectivity index (χ0) is 20.8. The fourth-order valence-electron chi connectivity index (χ4n) is 5.09. The first-order valence-electron chi connectivity index (χ1n) is 10.8. The van der Waals surface area contributed by atoms with Crippen LogP contribution in [0.1, 0.15) is 72.6 Å². The minimum atomic E-state index is -0.584. The van der Waals surface area contributed by atoms with Crippen molar-refractivity contribution in [3.63, 3.8) is 0 Å². The van der Waals surface area contributed by atoms with E-state index in [4.69, 9.17) is 4.98 Å². The summed E-state index contributed by atoms with van der Waals surface area (Å²) in [7, 11) is 2.06. The van der Waals surface area contributed by atoms with Crippen molar-refractivity contribution >= 4 is 17.7 Å². The standard InChI is InChI=1S/C23H26N4O3/c1-26-13-18(24-21(26)14-5-3-2-4-6-14)15-7-8-17-16(11-15)12-27(23(17)30)19-9-10-20(28)25-22(19)29/h7-8,11,13-14,19H,2-6,9-10,12H2,1H3,(H,25,28,29). The van der Waals surface area contributed by atoms with Gasteiger partial charge in [-0.1, -0.05) is 25.3 Å². The number of amides is 3. The largest absolute Gasteiger partial charge is 0.337 e. The van der Waals surface area contributed by atoms with Crippen molar-refractivity contribution in [1.82, 2.24) is 19.8 Å². The number of carbonyl (C=O) groups is 3. The van der Waals surface area contributed by atoms with E-state index in [9.17, 15) is 14.4 Å². The predicted octanol–water partition coefficient (Wildman–Crippen LogP) is 2.90. The first kappa shape index (κ1) is 19.0. The van der Waals surface area contributed by atoms with Gasteiger partial charge in [0, 0.05) is 43.3 Å². The van der Waals surface area contributed by atoms with Crippen molar-refractivity contribution < 1.29 is 14.4 Å². The Hall–Kier alpha value is -2.96. The Bertz CT molecular complexity index is 1040. The molecule has 1 aromatic heterocycles. The van der Waals surface area contributed by atoms with Crippen molar-refractivity contribution in [3.8, 4) is 11.3 Å². The van der Waals surface area contributed by atoms with Gasteiger partial charge in [-0.3, -0.25) is 19.7 Å². The molecule has 7 nitrogen and oxygen atoms in total. The fraction of sp³-hybridized carbons (Fsp3) is 0.478. The number of aryl methyl sites for hydroxylation is 1. The van der Waals surface area contributed by atoms with E-state index in [-0.39, 0.29) is 24.1 Å². The molecule has 7 heteroatoms. The van der Waals surface area contributed by atoms with E-state index in [1.54, 1.807) is 4.90 Å². The summed E-state index contributed by atoms with van der Waals surface area (Å²) in [6, 6.07) is 5.22. The molecular formula is C23H26N4O3. The number of hydrogen-bond donors (Lipinski definition) is 1. The highest BCUT2D eigenvalue weighted by molar-refractivity contribution is 6.05. The number of imidazole rings is 1. The second kappa shape index (κ2) is 7.38. The molecule has 1 saturated heterocycles. The lowest BCUT2D eigenvalue weighted by Crippen LogP contribution is -2.52. The summed E-state index contributed by atoms with van der Waals surface area (Å²) >= 11 is 0. The van der Waals surface area contributed by atoms with Gasteiger partial charge in [0.05, 0.1) is 5.69 Å². The second-order valence-electron chi connectivity index (χ2n) is 8.70. The molecule has 3 amide bonds. The highest BCUT2D eigenvalue weighted by atomic mass is 16.2. The van der Waals surface area contributed by atoms with Crippen molar-refractivity contribution in [2.75, 3.05) is 0 Å². The van der Waals surface area contributed by atoms with Crippen LogP contribution in [0.2, 0.25) is 0 Å². The molecule has 0 bridgehead atoms. The van der Waals surface area contributed by atoms with E-state index in [0.29, 0.717) is 24.4 Å². The summed E-state index contributed by atoms with van der Waals surface area (Å²) in [5, 5.41) is 2.35. The van der Waals surface area contributed by atoms with Crippen LogP contribution in [0.3, 0.4) is 0 Å². The Morgan fingerprint density at radius 3 is 2.63 bits per heavy atom. The molecule has 1 aromatic carbocycles. The topological polar surface area (TPSA) is 84.3 Å². The highest BCUT2D eigenvalue weighted by Crippen LogP contribution is 2.35. The molecule has 1 atom stereocenters. The molecule has 1 saturated carbocycles. The maximum atomic E-state index is 12.9. The fourth-order valence-corrected chi connectivity index (χ4v) is 5.09. The number of benzene rings is 1. The van der Waals surface area contributed by atoms with Crippen LogP contribution in [0.25, 0.3) is 11.3 Å². The summed E-state index contributed by atoms with van der Waals surface area (Å²) in [6.07, 6.45) is 8.96. The minimum Gasteiger partial charge on any atom is -0.337 e. The van der Waals surface area contributed by atoms with Crippen molar-refractivity contribution in [2.24, 2.45) is 7.05 Å². The van der Waals surface area contributed by atoms with Gasteiger partial charge in [-0.2, -0.15) is 0 Å². The molecule has 3 heterocycles. The van der Waals surface area contributed by atoms with E-state index in [1.807, 2.05) is 18.2 Å². The lowest BCUT2D eigenvalue weighted by molar-refractivity contribution is -0.136. The first-order chi connectivity index (χ1) is 14.5. The number of hydrogen-bond acceptors (Lipinski definition) is 4.